The number of hydrogen-bond donors (Lipinski definition) is 0. The first-order chi connectivity index (χ1) is 5.07. The molecule has 2 aliphatic heterocycles. The van der Waals surface area contributed by atoms with E-state index in [2.05, 4.69) is 0 Å². The predicted molar refractivity (Wildman–Crippen MR) is 36.3 cm³/mol. The van der Waals surface area contributed by atoms with Crippen molar-refractivity contribution in [3.8, 4) is 0 Å². The summed E-state index contributed by atoms with van der Waals surface area (Å²) >= 11 is 0. The van der Waals surface area contributed by atoms with Gasteiger partial charge in [0.25, 0.3) is 0 Å². The van der Waals surface area contributed by atoms with Crippen LogP contribution < -0.4 is 0 Å². The zero-order chi connectivity index (χ0) is 8.06. The molecule has 0 aromatic carbocycles. The first-order valence-corrected chi connectivity index (χ1v) is 5.07. The van der Waals surface area contributed by atoms with E-state index in [0.717, 1.165) is 0 Å². The van der Waals surface area contributed by atoms with Gasteiger partial charge in [0.1, 0.15) is 5.25 Å². The Hall–Kier alpha value is -0.160. The smallest absolute Gasteiger partial charge is 0.307 e. The van der Waals surface area contributed by atoms with E-state index in [1.54, 1.807) is 0 Å². The van der Waals surface area contributed by atoms with Crippen LogP contribution in [-0.4, -0.2) is 26.4 Å². The molecule has 11 heavy (non-hydrogen) atoms. The van der Waals surface area contributed by atoms with Crippen LogP contribution in [0, 0.1) is 5.92 Å². The summed E-state index contributed by atoms with van der Waals surface area (Å²) in [7, 11) is -4.36. The first-order valence-electron chi connectivity index (χ1n) is 3.62. The van der Waals surface area contributed by atoms with Gasteiger partial charge in [-0.2, -0.15) is 8.42 Å². The minimum absolute atomic E-state index is 0.0174. The lowest BCUT2D eigenvalue weighted by atomic mass is 9.78. The maximum absolute atomic E-state index is 12.4. The lowest BCUT2D eigenvalue weighted by Gasteiger charge is -2.44. The molecule has 0 amide bonds. The molecule has 1 aliphatic carbocycles. The Kier molecular flexibility index (Phi) is 1.47. The van der Waals surface area contributed by atoms with Gasteiger partial charge >= 0.3 is 10.2 Å². The summed E-state index contributed by atoms with van der Waals surface area (Å²) in [6, 6.07) is 0. The Balaban J connectivity index is 2.15. The molecule has 0 radical (unpaired) electrons. The van der Waals surface area contributed by atoms with Gasteiger partial charge in [-0.1, -0.05) is 0 Å². The van der Waals surface area contributed by atoms with Gasteiger partial charge in [0.2, 0.25) is 0 Å². The second kappa shape index (κ2) is 2.17. The molecular formula is C6H9FO3S. The summed E-state index contributed by atoms with van der Waals surface area (Å²) in [4.78, 5) is 0. The van der Waals surface area contributed by atoms with Crippen LogP contribution >= 0.6 is 0 Å². The fraction of sp³-hybridized carbons (Fsp3) is 1.00. The number of hydrogen-bond acceptors (Lipinski definition) is 3. The lowest BCUT2D eigenvalue weighted by Crippen LogP contribution is -2.50. The summed E-state index contributed by atoms with van der Waals surface area (Å²) in [5.41, 5.74) is 0. The van der Waals surface area contributed by atoms with Crippen molar-refractivity contribution in [2.75, 3.05) is 6.61 Å². The van der Waals surface area contributed by atoms with Crippen molar-refractivity contribution in [1.29, 1.82) is 0 Å². The highest BCUT2D eigenvalue weighted by molar-refractivity contribution is 7.87. The molecule has 5 heteroatoms. The molecule has 64 valence electrons. The predicted octanol–water partition coefficient (Wildman–Crippen LogP) is 0.463. The topological polar surface area (TPSA) is 43.4 Å². The highest BCUT2D eigenvalue weighted by atomic mass is 32.3. The largest absolute Gasteiger partial charge is 0.377 e. The van der Waals surface area contributed by atoms with Crippen LogP contribution in [0.1, 0.15) is 12.8 Å². The molecule has 0 aromatic heterocycles. The number of ether oxygens (including phenoxy) is 1. The molecule has 3 aliphatic rings. The van der Waals surface area contributed by atoms with Crippen LogP contribution in [0.25, 0.3) is 0 Å². The minimum Gasteiger partial charge on any atom is -0.377 e. The van der Waals surface area contributed by atoms with E-state index in [1.807, 2.05) is 0 Å². The number of rotatable bonds is 1. The Morgan fingerprint density at radius 2 is 2.00 bits per heavy atom. The van der Waals surface area contributed by atoms with E-state index < -0.39 is 15.5 Å². The van der Waals surface area contributed by atoms with Crippen molar-refractivity contribution in [2.45, 2.75) is 24.2 Å². The van der Waals surface area contributed by atoms with Crippen LogP contribution in [0.5, 0.6) is 0 Å². The molecule has 1 saturated carbocycles. The average molecular weight is 180 g/mol. The molecule has 3 fully saturated rings. The van der Waals surface area contributed by atoms with Crippen LogP contribution in [0.15, 0.2) is 0 Å². The van der Waals surface area contributed by atoms with Crippen molar-refractivity contribution in [2.24, 2.45) is 5.92 Å². The Morgan fingerprint density at radius 1 is 1.36 bits per heavy atom. The molecule has 2 bridgehead atoms. The van der Waals surface area contributed by atoms with E-state index in [4.69, 9.17) is 4.74 Å². The highest BCUT2D eigenvalue weighted by Gasteiger charge is 2.47. The number of halogens is 1. The van der Waals surface area contributed by atoms with Crippen molar-refractivity contribution in [3.05, 3.63) is 0 Å². The Bertz CT molecular complexity index is 252. The lowest BCUT2D eigenvalue weighted by molar-refractivity contribution is -0.0860. The van der Waals surface area contributed by atoms with Crippen LogP contribution in [0.2, 0.25) is 0 Å². The fourth-order valence-corrected chi connectivity index (χ4v) is 2.65. The molecule has 3 nitrogen and oxygen atoms in total. The molecular weight excluding hydrogens is 171 g/mol. The third-order valence-corrected chi connectivity index (χ3v) is 3.76. The zero-order valence-corrected chi connectivity index (χ0v) is 6.68. The summed E-state index contributed by atoms with van der Waals surface area (Å²) in [6.07, 6.45) is 1.64. The molecule has 0 N–H and O–H groups in total. The van der Waals surface area contributed by atoms with Gasteiger partial charge in [0, 0.05) is 0 Å². The van der Waals surface area contributed by atoms with Crippen LogP contribution in [-0.2, 0) is 15.0 Å². The SMILES string of the molecule is O=S(=O)(F)C1COC2CC1C2. The van der Waals surface area contributed by atoms with E-state index in [-0.39, 0.29) is 18.6 Å². The Labute approximate surface area is 64.8 Å². The van der Waals surface area contributed by atoms with Crippen molar-refractivity contribution in [3.63, 3.8) is 0 Å². The van der Waals surface area contributed by atoms with Crippen molar-refractivity contribution in [1.82, 2.24) is 0 Å². The van der Waals surface area contributed by atoms with Gasteiger partial charge in [-0.3, -0.25) is 0 Å². The van der Waals surface area contributed by atoms with E-state index in [0.29, 0.717) is 12.8 Å². The Morgan fingerprint density at radius 3 is 2.27 bits per heavy atom. The van der Waals surface area contributed by atoms with E-state index >= 15 is 0 Å². The third-order valence-electron chi connectivity index (χ3n) is 2.51. The quantitative estimate of drug-likeness (QED) is 0.551. The van der Waals surface area contributed by atoms with Gasteiger partial charge < -0.3 is 4.74 Å². The number of fused-ring (bicyclic) bond motifs is 2. The first kappa shape index (κ1) is 7.49. The normalized spacial score (nSPS) is 43.2. The highest BCUT2D eigenvalue weighted by Crippen LogP contribution is 2.40. The van der Waals surface area contributed by atoms with Gasteiger partial charge in [-0.15, -0.1) is 3.89 Å². The molecule has 3 rings (SSSR count). The zero-order valence-electron chi connectivity index (χ0n) is 5.86. The molecule has 2 heterocycles. The van der Waals surface area contributed by atoms with Crippen LogP contribution in [0.3, 0.4) is 0 Å². The summed E-state index contributed by atoms with van der Waals surface area (Å²) < 4.78 is 38.5. The fourth-order valence-electron chi connectivity index (χ4n) is 1.72. The molecule has 0 spiro atoms. The standard InChI is InChI=1S/C6H9FO3S/c7-11(8,9)6-3-10-5-1-4(6)2-5/h4-6H,1-3H2. The van der Waals surface area contributed by atoms with Gasteiger partial charge in [0.05, 0.1) is 12.7 Å². The molecule has 1 atom stereocenters. The maximum atomic E-state index is 12.4. The second-order valence-corrected chi connectivity index (χ2v) is 4.76. The third kappa shape index (κ3) is 1.16. The maximum Gasteiger partial charge on any atom is 0.307 e. The van der Waals surface area contributed by atoms with Gasteiger partial charge in [0.15, 0.2) is 0 Å². The second-order valence-electron chi connectivity index (χ2n) is 3.20. The summed E-state index contributed by atoms with van der Waals surface area (Å²) in [5, 5.41) is -0.882. The summed E-state index contributed by atoms with van der Waals surface area (Å²) in [6.45, 7) is 0.0498. The monoisotopic (exact) mass is 180 g/mol. The molecule has 0 aromatic rings. The van der Waals surface area contributed by atoms with Crippen molar-refractivity contribution >= 4 is 10.2 Å². The van der Waals surface area contributed by atoms with Crippen molar-refractivity contribution < 1.29 is 17.0 Å². The van der Waals surface area contributed by atoms with Gasteiger partial charge in [-0.05, 0) is 18.8 Å². The summed E-state index contributed by atoms with van der Waals surface area (Å²) in [5.74, 6) is 0.0174. The molecule has 2 saturated heterocycles. The molecule has 1 unspecified atom stereocenters. The minimum atomic E-state index is -4.36. The van der Waals surface area contributed by atoms with Crippen LogP contribution in [0.4, 0.5) is 3.89 Å². The van der Waals surface area contributed by atoms with E-state index in [9.17, 15) is 12.3 Å². The average Bonchev–Trinajstić information content (AvgIpc) is 1.84. The van der Waals surface area contributed by atoms with E-state index in [1.165, 1.54) is 0 Å². The van der Waals surface area contributed by atoms with Gasteiger partial charge in [-0.25, -0.2) is 0 Å².